The van der Waals surface area contributed by atoms with E-state index in [0.717, 1.165) is 5.56 Å². The number of benzene rings is 2. The molecular formula is C29H26Cl3N7O3. The summed E-state index contributed by atoms with van der Waals surface area (Å²) in [6.45, 7) is 3.18. The SMILES string of the molecule is Cc1cc(=O)c(C(=O)N2CCC(N3CCC(n4cc(-c5cc(Cl)cc(Cl)c5)nn4)C3=O)CC2)nn1-c1ccc(Cl)cc1. The molecule has 2 aliphatic heterocycles. The topological polar surface area (TPSA) is 106 Å². The van der Waals surface area contributed by atoms with Crippen LogP contribution in [0.3, 0.4) is 0 Å². The second-order valence-electron chi connectivity index (χ2n) is 10.5. The van der Waals surface area contributed by atoms with Crippen molar-refractivity contribution in [3.63, 3.8) is 0 Å². The van der Waals surface area contributed by atoms with Crippen molar-refractivity contribution in [3.8, 4) is 16.9 Å². The maximum Gasteiger partial charge on any atom is 0.278 e. The van der Waals surface area contributed by atoms with Crippen molar-refractivity contribution in [2.45, 2.75) is 38.3 Å². The molecule has 2 fully saturated rings. The molecule has 6 rings (SSSR count). The van der Waals surface area contributed by atoms with Crippen LogP contribution in [0.4, 0.5) is 0 Å². The van der Waals surface area contributed by atoms with Gasteiger partial charge in [0.15, 0.2) is 5.69 Å². The van der Waals surface area contributed by atoms with Crippen LogP contribution >= 0.6 is 34.8 Å². The summed E-state index contributed by atoms with van der Waals surface area (Å²) in [4.78, 5) is 43.1. The molecule has 0 bridgehead atoms. The maximum absolute atomic E-state index is 13.4. The number of amides is 2. The Labute approximate surface area is 256 Å². The molecule has 0 spiro atoms. The molecule has 1 unspecified atom stereocenters. The number of hydrogen-bond acceptors (Lipinski definition) is 6. The minimum Gasteiger partial charge on any atom is -0.338 e. The quantitative estimate of drug-likeness (QED) is 0.314. The molecule has 2 aromatic heterocycles. The van der Waals surface area contributed by atoms with Crippen molar-refractivity contribution in [1.29, 1.82) is 0 Å². The van der Waals surface area contributed by atoms with Crippen LogP contribution in [0.5, 0.6) is 0 Å². The highest BCUT2D eigenvalue weighted by Crippen LogP contribution is 2.31. The van der Waals surface area contributed by atoms with Gasteiger partial charge in [-0.3, -0.25) is 14.4 Å². The van der Waals surface area contributed by atoms with Gasteiger partial charge in [-0.25, -0.2) is 9.36 Å². The van der Waals surface area contributed by atoms with Gasteiger partial charge in [-0.15, -0.1) is 5.10 Å². The fraction of sp³-hybridized carbons (Fsp3) is 0.310. The zero-order valence-electron chi connectivity index (χ0n) is 22.6. The minimum atomic E-state index is -0.455. The number of aryl methyl sites for hydroxylation is 1. The van der Waals surface area contributed by atoms with Gasteiger partial charge in [0.1, 0.15) is 11.7 Å². The summed E-state index contributed by atoms with van der Waals surface area (Å²) < 4.78 is 3.16. The first-order valence-corrected chi connectivity index (χ1v) is 14.7. The number of carbonyl (C=O) groups excluding carboxylic acids is 2. The van der Waals surface area contributed by atoms with Crippen LogP contribution < -0.4 is 5.43 Å². The first-order chi connectivity index (χ1) is 20.2. The second kappa shape index (κ2) is 11.5. The monoisotopic (exact) mass is 625 g/mol. The smallest absolute Gasteiger partial charge is 0.278 e. The summed E-state index contributed by atoms with van der Waals surface area (Å²) in [5, 5.41) is 14.4. The Morgan fingerprint density at radius 2 is 1.57 bits per heavy atom. The van der Waals surface area contributed by atoms with Crippen molar-refractivity contribution in [2.24, 2.45) is 0 Å². The summed E-state index contributed by atoms with van der Waals surface area (Å²) in [7, 11) is 0. The first-order valence-electron chi connectivity index (χ1n) is 13.5. The first kappa shape index (κ1) is 28.4. The zero-order valence-corrected chi connectivity index (χ0v) is 24.9. The van der Waals surface area contributed by atoms with Crippen LogP contribution in [0.15, 0.2) is 59.5 Å². The van der Waals surface area contributed by atoms with Crippen LogP contribution in [0.1, 0.15) is 41.5 Å². The molecule has 0 aliphatic carbocycles. The van der Waals surface area contributed by atoms with E-state index in [1.54, 1.807) is 69.8 Å². The molecule has 4 heterocycles. The van der Waals surface area contributed by atoms with Gasteiger partial charge < -0.3 is 9.80 Å². The average molecular weight is 627 g/mol. The molecule has 0 saturated carbocycles. The largest absolute Gasteiger partial charge is 0.338 e. The van der Waals surface area contributed by atoms with Gasteiger partial charge in [0, 0.05) is 58.1 Å². The highest BCUT2D eigenvalue weighted by molar-refractivity contribution is 6.35. The Morgan fingerprint density at radius 3 is 2.26 bits per heavy atom. The van der Waals surface area contributed by atoms with Gasteiger partial charge in [0.25, 0.3) is 5.91 Å². The molecule has 1 atom stereocenters. The Balaban J connectivity index is 1.11. The number of nitrogens with zero attached hydrogens (tertiary/aromatic N) is 7. The van der Waals surface area contributed by atoms with Crippen molar-refractivity contribution in [3.05, 3.63) is 91.4 Å². The Kier molecular flexibility index (Phi) is 7.78. The molecule has 2 saturated heterocycles. The molecule has 4 aromatic rings. The van der Waals surface area contributed by atoms with Gasteiger partial charge in [0.05, 0.1) is 11.9 Å². The Hall–Kier alpha value is -3.73. The van der Waals surface area contributed by atoms with Crippen LogP contribution in [0.2, 0.25) is 15.1 Å². The molecule has 13 heteroatoms. The number of halogens is 3. The summed E-state index contributed by atoms with van der Waals surface area (Å²) >= 11 is 18.3. The predicted molar refractivity (Wildman–Crippen MR) is 159 cm³/mol. The van der Waals surface area contributed by atoms with Gasteiger partial charge >= 0.3 is 0 Å². The van der Waals surface area contributed by atoms with Gasteiger partial charge in [-0.2, -0.15) is 5.10 Å². The van der Waals surface area contributed by atoms with E-state index in [9.17, 15) is 14.4 Å². The average Bonchev–Trinajstić information content (AvgIpc) is 3.60. The molecule has 2 amide bonds. The summed E-state index contributed by atoms with van der Waals surface area (Å²) in [6.07, 6.45) is 3.55. The van der Waals surface area contributed by atoms with Crippen molar-refractivity contribution in [1.82, 2.24) is 34.6 Å². The Morgan fingerprint density at radius 1 is 0.881 bits per heavy atom. The minimum absolute atomic E-state index is 0.0158. The van der Waals surface area contributed by atoms with Crippen molar-refractivity contribution in [2.75, 3.05) is 19.6 Å². The molecule has 10 nitrogen and oxygen atoms in total. The van der Waals surface area contributed by atoms with Gasteiger partial charge in [-0.1, -0.05) is 40.0 Å². The van der Waals surface area contributed by atoms with Crippen LogP contribution in [-0.2, 0) is 4.79 Å². The van der Waals surface area contributed by atoms with E-state index >= 15 is 0 Å². The van der Waals surface area contributed by atoms with E-state index in [2.05, 4.69) is 15.4 Å². The summed E-state index contributed by atoms with van der Waals surface area (Å²) in [5.74, 6) is -0.436. The van der Waals surface area contributed by atoms with E-state index in [1.165, 1.54) is 6.07 Å². The highest BCUT2D eigenvalue weighted by atomic mass is 35.5. The third kappa shape index (κ3) is 5.54. The zero-order chi connectivity index (χ0) is 29.5. The molecule has 42 heavy (non-hydrogen) atoms. The highest BCUT2D eigenvalue weighted by Gasteiger charge is 2.39. The van der Waals surface area contributed by atoms with Gasteiger partial charge in [-0.05, 0) is 68.7 Å². The third-order valence-electron chi connectivity index (χ3n) is 7.77. The molecule has 2 aromatic carbocycles. The molecule has 216 valence electrons. The maximum atomic E-state index is 13.4. The molecular weight excluding hydrogens is 601 g/mol. The lowest BCUT2D eigenvalue weighted by Gasteiger charge is -2.36. The molecule has 0 N–H and O–H groups in total. The molecule has 2 aliphatic rings. The normalized spacial score (nSPS) is 17.7. The van der Waals surface area contributed by atoms with Crippen LogP contribution in [0.25, 0.3) is 16.9 Å². The lowest BCUT2D eigenvalue weighted by molar-refractivity contribution is -0.133. The van der Waals surface area contributed by atoms with Gasteiger partial charge in [0.2, 0.25) is 11.3 Å². The van der Waals surface area contributed by atoms with Crippen molar-refractivity contribution >= 4 is 46.6 Å². The van der Waals surface area contributed by atoms with E-state index < -0.39 is 17.4 Å². The second-order valence-corrected chi connectivity index (χ2v) is 11.8. The Bertz CT molecular complexity index is 1710. The lowest BCUT2D eigenvalue weighted by atomic mass is 10.0. The number of likely N-dealkylation sites (tertiary alicyclic amines) is 2. The van der Waals surface area contributed by atoms with E-state index in [4.69, 9.17) is 34.8 Å². The summed E-state index contributed by atoms with van der Waals surface area (Å²) in [6, 6.07) is 13.1. The third-order valence-corrected chi connectivity index (χ3v) is 8.46. The van der Waals surface area contributed by atoms with Crippen LogP contribution in [0, 0.1) is 6.92 Å². The molecule has 0 radical (unpaired) electrons. The predicted octanol–water partition coefficient (Wildman–Crippen LogP) is 4.84. The van der Waals surface area contributed by atoms with E-state index in [-0.39, 0.29) is 17.6 Å². The van der Waals surface area contributed by atoms with E-state index in [1.807, 2.05) is 4.90 Å². The number of carbonyl (C=O) groups is 2. The summed E-state index contributed by atoms with van der Waals surface area (Å²) in [5.41, 5.74) is 2.06. The number of aromatic nitrogens is 5. The lowest BCUT2D eigenvalue weighted by Crippen LogP contribution is -2.48. The van der Waals surface area contributed by atoms with E-state index in [0.29, 0.717) is 71.0 Å². The number of hydrogen-bond donors (Lipinski definition) is 0. The number of piperidine rings is 1. The fourth-order valence-electron chi connectivity index (χ4n) is 5.63. The standard InChI is InChI=1S/C29H26Cl3N7O3/c1-17-12-26(40)27(34-39(17)23-4-2-19(30)3-5-23)29(42)36-9-6-22(7-10-36)37-11-8-25(28(37)41)38-16-24(33-35-38)18-13-20(31)15-21(32)14-18/h2-5,12-16,22,25H,6-11H2,1H3. The number of rotatable bonds is 5. The van der Waals surface area contributed by atoms with Crippen molar-refractivity contribution < 1.29 is 9.59 Å². The van der Waals surface area contributed by atoms with Crippen LogP contribution in [-0.4, -0.2) is 72.1 Å². The fourth-order valence-corrected chi connectivity index (χ4v) is 6.28.